The quantitative estimate of drug-likeness (QED) is 0.0443. The van der Waals surface area contributed by atoms with Gasteiger partial charge in [-0.15, -0.1) is 0 Å². The minimum atomic E-state index is -0.683. The van der Waals surface area contributed by atoms with E-state index in [0.717, 1.165) is 6.07 Å². The molecular weight excluding hydrogens is 949 g/mol. The van der Waals surface area contributed by atoms with Gasteiger partial charge < -0.3 is 76.9 Å². The second-order valence-electron chi connectivity index (χ2n) is 15.4. The maximum absolute atomic E-state index is 12.3. The molecule has 0 aromatic heterocycles. The average Bonchev–Trinajstić information content (AvgIpc) is 3.71. The van der Waals surface area contributed by atoms with E-state index < -0.39 is 15.9 Å². The molecule has 72 heavy (non-hydrogen) atoms. The van der Waals surface area contributed by atoms with Crippen molar-refractivity contribution < 1.29 is 81.0 Å². The van der Waals surface area contributed by atoms with E-state index in [4.69, 9.17) is 66.3 Å². The first kappa shape index (κ1) is 59.6. The molecule has 0 fully saturated rings. The highest BCUT2D eigenvalue weighted by atomic mass is 16.6. The van der Waals surface area contributed by atoms with Crippen LogP contribution in [0.25, 0.3) is 11.1 Å². The number of nitro benzene ring substituents is 2. The van der Waals surface area contributed by atoms with Crippen LogP contribution in [0.1, 0.15) is 17.0 Å². The van der Waals surface area contributed by atoms with Gasteiger partial charge in [0.15, 0.2) is 0 Å². The first-order valence-corrected chi connectivity index (χ1v) is 24.2. The lowest BCUT2D eigenvalue weighted by Gasteiger charge is -2.14. The van der Waals surface area contributed by atoms with Gasteiger partial charge in [0.1, 0.15) is 12.3 Å². The first-order chi connectivity index (χ1) is 35.5. The van der Waals surface area contributed by atoms with Crippen molar-refractivity contribution >= 4 is 23.2 Å². The monoisotopic (exact) mass is 1020 g/mol. The number of alkyl carbamates (subject to hydrolysis) is 1. The summed E-state index contributed by atoms with van der Waals surface area (Å²) >= 11 is 0. The molecule has 0 unspecified atom stereocenters. The number of nitro groups is 2. The van der Waals surface area contributed by atoms with Gasteiger partial charge >= 0.3 is 6.09 Å². The number of hydrogen-bond donors (Lipinski definition) is 2. The Morgan fingerprint density at radius 3 is 1.11 bits per heavy atom. The van der Waals surface area contributed by atoms with E-state index in [1.807, 2.05) is 24.3 Å². The molecule has 3 aromatic rings. The number of non-ortho nitro benzene ring substituents is 1. The van der Waals surface area contributed by atoms with E-state index in [1.165, 1.54) is 34.4 Å². The normalized spacial score (nSPS) is 11.9. The van der Waals surface area contributed by atoms with Crippen molar-refractivity contribution in [2.24, 2.45) is 0 Å². The summed E-state index contributed by atoms with van der Waals surface area (Å²) in [4.78, 5) is 32.9. The number of anilines is 1. The van der Waals surface area contributed by atoms with Gasteiger partial charge in [0.05, 0.1) is 188 Å². The highest BCUT2D eigenvalue weighted by Gasteiger charge is 2.29. The van der Waals surface area contributed by atoms with Gasteiger partial charge in [-0.2, -0.15) is 0 Å². The third kappa shape index (κ3) is 26.1. The second kappa shape index (κ2) is 39.5. The van der Waals surface area contributed by atoms with E-state index in [-0.39, 0.29) is 42.7 Å². The van der Waals surface area contributed by atoms with Crippen molar-refractivity contribution in [1.29, 1.82) is 0 Å². The zero-order valence-corrected chi connectivity index (χ0v) is 41.1. The summed E-state index contributed by atoms with van der Waals surface area (Å²) in [6.07, 6.45) is -0.463. The minimum absolute atomic E-state index is 0.0244. The summed E-state index contributed by atoms with van der Waals surface area (Å²) in [5.41, 5.74) is 4.19. The lowest BCUT2D eigenvalue weighted by molar-refractivity contribution is -0.393. The fourth-order valence-electron chi connectivity index (χ4n) is 6.81. The number of benzene rings is 3. The van der Waals surface area contributed by atoms with Gasteiger partial charge in [-0.05, 0) is 28.3 Å². The molecule has 0 saturated carbocycles. The Morgan fingerprint density at radius 1 is 0.431 bits per heavy atom. The average molecular weight is 1020 g/mol. The molecule has 23 nitrogen and oxygen atoms in total. The van der Waals surface area contributed by atoms with Crippen molar-refractivity contribution in [3.8, 4) is 11.1 Å². The maximum Gasteiger partial charge on any atom is 0.407 e. The summed E-state index contributed by atoms with van der Waals surface area (Å²) in [5, 5.41) is 27.6. The van der Waals surface area contributed by atoms with Gasteiger partial charge in [0.25, 0.3) is 11.4 Å². The number of amides is 1. The van der Waals surface area contributed by atoms with E-state index in [9.17, 15) is 25.0 Å². The number of nitrogens with one attached hydrogen (secondary N) is 2. The van der Waals surface area contributed by atoms with Crippen molar-refractivity contribution in [1.82, 2.24) is 5.32 Å². The molecule has 1 aliphatic carbocycles. The molecule has 402 valence electrons. The predicted octanol–water partition coefficient (Wildman–Crippen LogP) is 4.67. The fraction of sp³-hybridized carbons (Fsp3) is 0.612. The van der Waals surface area contributed by atoms with Crippen LogP contribution in [0, 0.1) is 20.2 Å². The number of fused-ring (bicyclic) bond motifs is 3. The largest absolute Gasteiger partial charge is 0.449 e. The summed E-state index contributed by atoms with van der Waals surface area (Å²) in [5.74, 6) is 0.0244. The molecule has 0 atom stereocenters. The molecule has 3 aromatic carbocycles. The highest BCUT2D eigenvalue weighted by Crippen LogP contribution is 2.44. The smallest absolute Gasteiger partial charge is 0.407 e. The van der Waals surface area contributed by atoms with E-state index in [1.54, 1.807) is 0 Å². The molecule has 4 rings (SSSR count). The molecule has 0 saturated heterocycles. The van der Waals surface area contributed by atoms with Gasteiger partial charge in [-0.25, -0.2) is 4.79 Å². The van der Waals surface area contributed by atoms with Crippen molar-refractivity contribution in [2.75, 3.05) is 197 Å². The summed E-state index contributed by atoms with van der Waals surface area (Å²) in [7, 11) is 0. The van der Waals surface area contributed by atoms with Gasteiger partial charge in [0.2, 0.25) is 0 Å². The first-order valence-electron chi connectivity index (χ1n) is 24.2. The Labute approximate surface area is 420 Å². The Bertz CT molecular complexity index is 1870. The van der Waals surface area contributed by atoms with Crippen molar-refractivity contribution in [3.63, 3.8) is 0 Å². The number of hydrogen-bond acceptors (Lipinski definition) is 20. The molecule has 1 amide bonds. The van der Waals surface area contributed by atoms with Crippen molar-refractivity contribution in [3.05, 3.63) is 98.1 Å². The van der Waals surface area contributed by atoms with Crippen LogP contribution in [0.15, 0.2) is 66.7 Å². The lowest BCUT2D eigenvalue weighted by Crippen LogP contribution is -2.29. The second-order valence-corrected chi connectivity index (χ2v) is 15.4. The molecule has 0 heterocycles. The summed E-state index contributed by atoms with van der Waals surface area (Å²) in [6.45, 7) is 12.0. The van der Waals surface area contributed by atoms with E-state index >= 15 is 0 Å². The van der Waals surface area contributed by atoms with Crippen LogP contribution in [0.5, 0.6) is 0 Å². The number of rotatable bonds is 47. The molecular formula is C49H72N4O19. The summed E-state index contributed by atoms with van der Waals surface area (Å²) in [6, 6.07) is 19.9. The molecule has 0 radical (unpaired) electrons. The van der Waals surface area contributed by atoms with Crippen molar-refractivity contribution in [2.45, 2.75) is 5.92 Å². The number of carbonyl (C=O) groups excluding carboxylic acids is 1. The highest BCUT2D eigenvalue weighted by molar-refractivity contribution is 5.79. The van der Waals surface area contributed by atoms with Crippen LogP contribution in [-0.2, 0) is 66.3 Å². The Balaban J connectivity index is 0.752. The maximum atomic E-state index is 12.3. The van der Waals surface area contributed by atoms with Crippen LogP contribution in [0.3, 0.4) is 0 Å². The Hall–Kier alpha value is -4.99. The van der Waals surface area contributed by atoms with Crippen LogP contribution < -0.4 is 10.6 Å². The predicted molar refractivity (Wildman–Crippen MR) is 262 cm³/mol. The number of ether oxygens (including phenoxy) is 14. The molecule has 0 bridgehead atoms. The third-order valence-electron chi connectivity index (χ3n) is 10.3. The Kier molecular flexibility index (Phi) is 32.7. The number of nitrogens with zero attached hydrogens (tertiary/aromatic N) is 2. The molecule has 2 N–H and O–H groups in total. The molecule has 0 aliphatic heterocycles. The van der Waals surface area contributed by atoms with Gasteiger partial charge in [0, 0.05) is 25.1 Å². The topological polar surface area (TPSA) is 257 Å². The van der Waals surface area contributed by atoms with Crippen LogP contribution in [0.2, 0.25) is 0 Å². The SMILES string of the molecule is O=C(NCCOCCOCCOCCOCCOCCOCCOCCOCCOCCOCCOCCOCCOCCNc1ccc([N+](=O)[O-])cc1[N+](=O)[O-])OCC1c2ccccc2-c2ccccc21. The lowest BCUT2D eigenvalue weighted by atomic mass is 9.98. The summed E-state index contributed by atoms with van der Waals surface area (Å²) < 4.78 is 77.0. The van der Waals surface area contributed by atoms with Gasteiger partial charge in [-0.1, -0.05) is 48.5 Å². The fourth-order valence-corrected chi connectivity index (χ4v) is 6.81. The zero-order chi connectivity index (χ0) is 50.9. The van der Waals surface area contributed by atoms with E-state index in [0.29, 0.717) is 172 Å². The van der Waals surface area contributed by atoms with Crippen LogP contribution >= 0.6 is 0 Å². The third-order valence-corrected chi connectivity index (χ3v) is 10.3. The standard InChI is InChI=1S/C49H72N4O19/c54-49(72-40-46-44-7-3-1-5-42(44)43-6-2-4-8-45(43)46)51-12-14-60-16-18-62-20-22-64-24-26-66-28-30-68-32-34-70-36-38-71-37-35-69-33-31-67-29-27-65-25-23-63-21-19-61-17-15-59-13-11-50-47-10-9-41(52(55)56)39-48(47)53(57)58/h1-10,39,46,50H,11-38,40H2,(H,51,54). The van der Waals surface area contributed by atoms with E-state index in [2.05, 4.69) is 34.9 Å². The van der Waals surface area contributed by atoms with Gasteiger partial charge in [-0.3, -0.25) is 20.2 Å². The Morgan fingerprint density at radius 2 is 0.764 bits per heavy atom. The van der Waals surface area contributed by atoms with Crippen LogP contribution in [-0.4, -0.2) is 207 Å². The number of carbonyl (C=O) groups is 1. The minimum Gasteiger partial charge on any atom is -0.449 e. The zero-order valence-electron chi connectivity index (χ0n) is 41.1. The molecule has 0 spiro atoms. The molecule has 23 heteroatoms. The molecule has 1 aliphatic rings. The van der Waals surface area contributed by atoms with Crippen LogP contribution in [0.4, 0.5) is 21.9 Å².